The van der Waals surface area contributed by atoms with Crippen LogP contribution < -0.4 is 11.2 Å². The Labute approximate surface area is 83.4 Å². The maximum atomic E-state index is 11.7. The van der Waals surface area contributed by atoms with Gasteiger partial charge < -0.3 is 0 Å². The molecule has 0 radical (unpaired) electrons. The van der Waals surface area contributed by atoms with Crippen LogP contribution in [0.25, 0.3) is 10.2 Å². The second-order valence-electron chi connectivity index (χ2n) is 3.15. The van der Waals surface area contributed by atoms with Gasteiger partial charge in [-0.3, -0.25) is 13.9 Å². The number of rotatable bonds is 0. The predicted molar refractivity (Wildman–Crippen MR) is 54.8 cm³/mol. The Kier molecular flexibility index (Phi) is 1.81. The lowest BCUT2D eigenvalue weighted by Crippen LogP contribution is -2.36. The van der Waals surface area contributed by atoms with Crippen molar-refractivity contribution in [3.05, 3.63) is 26.5 Å². The number of nitrogens with zero attached hydrogens (tertiary/aromatic N) is 3. The van der Waals surface area contributed by atoms with E-state index in [1.165, 1.54) is 23.1 Å². The Morgan fingerprint density at radius 1 is 1.21 bits per heavy atom. The molecule has 2 rings (SSSR count). The Balaban J connectivity index is 3.22. The SMILES string of the molecule is Cc1nsc2c1c(=O)n(C)c(=O)n2C. The monoisotopic (exact) mass is 211 g/mol. The van der Waals surface area contributed by atoms with Gasteiger partial charge in [0, 0.05) is 14.1 Å². The molecule has 0 aliphatic heterocycles. The molecule has 2 aromatic heterocycles. The summed E-state index contributed by atoms with van der Waals surface area (Å²) in [5.41, 5.74) is 0.0988. The lowest BCUT2D eigenvalue weighted by molar-refractivity contribution is 0.716. The average Bonchev–Trinajstić information content (AvgIpc) is 2.54. The van der Waals surface area contributed by atoms with Crippen molar-refractivity contribution in [2.75, 3.05) is 0 Å². The first-order chi connectivity index (χ1) is 6.54. The van der Waals surface area contributed by atoms with Gasteiger partial charge in [-0.2, -0.15) is 4.37 Å². The van der Waals surface area contributed by atoms with Crippen molar-refractivity contribution < 1.29 is 0 Å². The van der Waals surface area contributed by atoms with Gasteiger partial charge in [0.25, 0.3) is 5.56 Å². The number of aromatic nitrogens is 3. The first-order valence-electron chi connectivity index (χ1n) is 4.06. The quantitative estimate of drug-likeness (QED) is 0.616. The molecular weight excluding hydrogens is 202 g/mol. The Hall–Kier alpha value is -1.43. The van der Waals surface area contributed by atoms with Crippen LogP contribution in [0.2, 0.25) is 0 Å². The molecule has 0 bridgehead atoms. The van der Waals surface area contributed by atoms with E-state index >= 15 is 0 Å². The van der Waals surface area contributed by atoms with Gasteiger partial charge in [-0.25, -0.2) is 4.79 Å². The largest absolute Gasteiger partial charge is 0.331 e. The van der Waals surface area contributed by atoms with E-state index in [1.807, 2.05) is 0 Å². The van der Waals surface area contributed by atoms with Crippen LogP contribution in [0.3, 0.4) is 0 Å². The van der Waals surface area contributed by atoms with E-state index in [-0.39, 0.29) is 11.2 Å². The summed E-state index contributed by atoms with van der Waals surface area (Å²) in [5.74, 6) is 0. The summed E-state index contributed by atoms with van der Waals surface area (Å²) in [6.07, 6.45) is 0. The van der Waals surface area contributed by atoms with Crippen molar-refractivity contribution in [2.45, 2.75) is 6.92 Å². The molecule has 0 N–H and O–H groups in total. The lowest BCUT2D eigenvalue weighted by Gasteiger charge is -2.01. The third kappa shape index (κ3) is 0.971. The van der Waals surface area contributed by atoms with E-state index in [0.717, 1.165) is 4.57 Å². The lowest BCUT2D eigenvalue weighted by atomic mass is 10.3. The minimum absolute atomic E-state index is 0.269. The summed E-state index contributed by atoms with van der Waals surface area (Å²) in [4.78, 5) is 23.9. The van der Waals surface area contributed by atoms with Crippen molar-refractivity contribution in [3.63, 3.8) is 0 Å². The summed E-state index contributed by atoms with van der Waals surface area (Å²) in [5, 5.41) is 0.541. The van der Waals surface area contributed by atoms with Gasteiger partial charge in [0.05, 0.1) is 11.1 Å². The van der Waals surface area contributed by atoms with Gasteiger partial charge in [0.15, 0.2) is 0 Å². The second-order valence-corrected chi connectivity index (χ2v) is 3.91. The number of hydrogen-bond acceptors (Lipinski definition) is 4. The standard InChI is InChI=1S/C8H9N3O2S/c1-4-5-6(12)10(2)8(13)11(3)7(5)14-9-4/h1-3H3. The van der Waals surface area contributed by atoms with Crippen LogP contribution in [-0.4, -0.2) is 13.5 Å². The van der Waals surface area contributed by atoms with Crippen LogP contribution in [0, 0.1) is 6.92 Å². The normalized spacial score (nSPS) is 11.1. The topological polar surface area (TPSA) is 56.9 Å². The zero-order chi connectivity index (χ0) is 10.5. The van der Waals surface area contributed by atoms with Crippen LogP contribution >= 0.6 is 11.5 Å². The van der Waals surface area contributed by atoms with Gasteiger partial charge in [-0.05, 0) is 18.5 Å². The molecule has 0 amide bonds. The second kappa shape index (κ2) is 2.78. The third-order valence-corrected chi connectivity index (χ3v) is 3.26. The fraction of sp³-hybridized carbons (Fsp3) is 0.375. The highest BCUT2D eigenvalue weighted by Gasteiger charge is 2.12. The average molecular weight is 211 g/mol. The van der Waals surface area contributed by atoms with Crippen LogP contribution in [0.15, 0.2) is 9.59 Å². The van der Waals surface area contributed by atoms with E-state index in [9.17, 15) is 9.59 Å². The zero-order valence-electron chi connectivity index (χ0n) is 8.07. The molecule has 0 atom stereocenters. The summed E-state index contributed by atoms with van der Waals surface area (Å²) < 4.78 is 6.62. The highest BCUT2D eigenvalue weighted by Crippen LogP contribution is 2.15. The molecule has 0 saturated carbocycles. The smallest absolute Gasteiger partial charge is 0.286 e. The number of hydrogen-bond donors (Lipinski definition) is 0. The Morgan fingerprint density at radius 3 is 2.50 bits per heavy atom. The fourth-order valence-corrected chi connectivity index (χ4v) is 2.24. The molecule has 74 valence electrons. The molecule has 2 aromatic rings. The van der Waals surface area contributed by atoms with E-state index in [2.05, 4.69) is 4.37 Å². The van der Waals surface area contributed by atoms with Crippen LogP contribution in [0.4, 0.5) is 0 Å². The summed E-state index contributed by atoms with van der Waals surface area (Å²) in [6, 6.07) is 0. The fourth-order valence-electron chi connectivity index (χ4n) is 1.40. The van der Waals surface area contributed by atoms with E-state index < -0.39 is 0 Å². The van der Waals surface area contributed by atoms with Gasteiger partial charge in [-0.15, -0.1) is 0 Å². The molecular formula is C8H9N3O2S. The number of fused-ring (bicyclic) bond motifs is 1. The molecule has 0 aliphatic rings. The van der Waals surface area contributed by atoms with Crippen molar-refractivity contribution in [1.82, 2.24) is 13.5 Å². The van der Waals surface area contributed by atoms with Gasteiger partial charge in [-0.1, -0.05) is 0 Å². The molecule has 0 aliphatic carbocycles. The molecule has 6 heteroatoms. The highest BCUT2D eigenvalue weighted by molar-refractivity contribution is 7.13. The van der Waals surface area contributed by atoms with Gasteiger partial charge >= 0.3 is 5.69 Å². The van der Waals surface area contributed by atoms with Crippen molar-refractivity contribution >= 4 is 21.7 Å². The predicted octanol–water partition coefficient (Wildman–Crippen LogP) is 0.00212. The van der Waals surface area contributed by atoms with Crippen molar-refractivity contribution in [2.24, 2.45) is 14.1 Å². The molecule has 2 heterocycles. The summed E-state index contributed by atoms with van der Waals surface area (Å²) in [6.45, 7) is 1.77. The Morgan fingerprint density at radius 2 is 1.86 bits per heavy atom. The van der Waals surface area contributed by atoms with E-state index in [1.54, 1.807) is 14.0 Å². The summed E-state index contributed by atoms with van der Waals surface area (Å²) >= 11 is 1.18. The van der Waals surface area contributed by atoms with Crippen molar-refractivity contribution in [3.8, 4) is 0 Å². The Bertz CT molecular complexity index is 620. The maximum absolute atomic E-state index is 11.7. The van der Waals surface area contributed by atoms with E-state index in [0.29, 0.717) is 15.9 Å². The molecule has 0 spiro atoms. The molecule has 0 unspecified atom stereocenters. The highest BCUT2D eigenvalue weighted by atomic mass is 32.1. The number of aryl methyl sites for hydroxylation is 2. The minimum atomic E-state index is -0.314. The van der Waals surface area contributed by atoms with Gasteiger partial charge in [0.1, 0.15) is 4.83 Å². The third-order valence-electron chi connectivity index (χ3n) is 2.24. The molecule has 14 heavy (non-hydrogen) atoms. The molecule has 0 aromatic carbocycles. The molecule has 0 fully saturated rings. The van der Waals surface area contributed by atoms with Gasteiger partial charge in [0.2, 0.25) is 0 Å². The van der Waals surface area contributed by atoms with E-state index in [4.69, 9.17) is 0 Å². The van der Waals surface area contributed by atoms with Crippen LogP contribution in [0.5, 0.6) is 0 Å². The summed E-state index contributed by atoms with van der Waals surface area (Å²) in [7, 11) is 3.11. The zero-order valence-corrected chi connectivity index (χ0v) is 8.88. The first kappa shape index (κ1) is 9.14. The molecule has 0 saturated heterocycles. The van der Waals surface area contributed by atoms with Crippen LogP contribution in [0.1, 0.15) is 5.69 Å². The minimum Gasteiger partial charge on any atom is -0.286 e. The first-order valence-corrected chi connectivity index (χ1v) is 4.83. The maximum Gasteiger partial charge on any atom is 0.331 e. The molecule has 5 nitrogen and oxygen atoms in total. The van der Waals surface area contributed by atoms with Crippen LogP contribution in [-0.2, 0) is 14.1 Å². The van der Waals surface area contributed by atoms with Crippen molar-refractivity contribution in [1.29, 1.82) is 0 Å².